The van der Waals surface area contributed by atoms with Crippen LogP contribution in [0.1, 0.15) is 42.7 Å². The molecule has 4 heterocycles. The Bertz CT molecular complexity index is 3640. The van der Waals surface area contributed by atoms with Gasteiger partial charge in [0.15, 0.2) is 5.82 Å². The van der Waals surface area contributed by atoms with Crippen molar-refractivity contribution in [2.75, 3.05) is 0 Å². The molecule has 0 amide bonds. The summed E-state index contributed by atoms with van der Waals surface area (Å²) in [6.07, 6.45) is 6.46. The maximum Gasteiger partial charge on any atom is 0.240 e. The summed E-state index contributed by atoms with van der Waals surface area (Å²) in [5.74, 6) is 1.72. The van der Waals surface area contributed by atoms with Crippen LogP contribution in [-0.2, 0) is 11.8 Å². The van der Waals surface area contributed by atoms with Gasteiger partial charge in [-0.25, -0.2) is 0 Å². The molecule has 0 radical (unpaired) electrons. The first-order valence-electron chi connectivity index (χ1n) is 20.8. The van der Waals surface area contributed by atoms with Crippen LogP contribution in [0, 0.1) is 0 Å². The molecule has 0 saturated heterocycles. The van der Waals surface area contributed by atoms with Crippen LogP contribution in [0.25, 0.3) is 106 Å². The molecule has 284 valence electrons. The predicted molar refractivity (Wildman–Crippen MR) is 244 cm³/mol. The van der Waals surface area contributed by atoms with Crippen LogP contribution in [-0.4, -0.2) is 24.1 Å². The molecule has 60 heavy (non-hydrogen) atoms. The molecule has 11 aromatic rings. The van der Waals surface area contributed by atoms with Gasteiger partial charge in [-0.1, -0.05) is 129 Å². The molecule has 4 aromatic heterocycles. The highest BCUT2D eigenvalue weighted by Crippen LogP contribution is 2.51. The molecule has 6 nitrogen and oxygen atoms in total. The number of aromatic nitrogens is 5. The summed E-state index contributed by atoms with van der Waals surface area (Å²) >= 11 is 0. The minimum Gasteiger partial charge on any atom is -0.456 e. The first-order valence-corrected chi connectivity index (χ1v) is 20.8. The van der Waals surface area contributed by atoms with Crippen LogP contribution in [0.15, 0.2) is 162 Å². The van der Waals surface area contributed by atoms with Gasteiger partial charge in [-0.15, -0.1) is 0 Å². The Hall–Kier alpha value is -7.57. The van der Waals surface area contributed by atoms with Crippen LogP contribution in [0.2, 0.25) is 0 Å². The number of hydrogen-bond donors (Lipinski definition) is 0. The lowest BCUT2D eigenvalue weighted by molar-refractivity contribution is 0.661. The number of benzene rings is 7. The molecule has 2 aliphatic rings. The number of para-hydroxylation sites is 2. The van der Waals surface area contributed by atoms with Crippen molar-refractivity contribution in [2.24, 2.45) is 0 Å². The third kappa shape index (κ3) is 4.61. The summed E-state index contributed by atoms with van der Waals surface area (Å²) in [6.45, 7) is 4.67. The number of fused-ring (bicyclic) bond motifs is 12. The third-order valence-corrected chi connectivity index (χ3v) is 13.1. The normalized spacial score (nSPS) is 14.1. The molecular formula is C54H37N5O. The van der Waals surface area contributed by atoms with Crippen molar-refractivity contribution in [1.29, 1.82) is 0 Å². The standard InChI is InChI=1S/C54H37N5O/c1-54(2)42-22-10-6-17-35(42)40-30-41-38-20-9-13-25-46(38)59(47(41)31-43(40)54)53-56-51(55-52(57-53)58-44-23-11-7-18-36(44)37-19-8-12-24-45(37)58)33-27-28-39-49(29-33)60-48-26-14-21-34(50(39)48)32-15-4-3-5-16-32/h3-7,9-18,20-31H,8,19H2,1-2H3. The van der Waals surface area contributed by atoms with E-state index in [1.54, 1.807) is 0 Å². The molecule has 0 saturated carbocycles. The molecular weight excluding hydrogens is 735 g/mol. The maximum atomic E-state index is 6.63. The summed E-state index contributed by atoms with van der Waals surface area (Å²) in [5, 5.41) is 5.71. The van der Waals surface area contributed by atoms with Crippen molar-refractivity contribution in [3.8, 4) is 45.5 Å². The maximum absolute atomic E-state index is 6.63. The fraction of sp³-hybridized carbons (Fsp3) is 0.0926. The van der Waals surface area contributed by atoms with Gasteiger partial charge in [0.2, 0.25) is 11.9 Å². The molecule has 0 fully saturated rings. The van der Waals surface area contributed by atoms with E-state index in [1.165, 1.54) is 38.6 Å². The number of nitrogens with zero attached hydrogens (tertiary/aromatic N) is 5. The Balaban J connectivity index is 1.09. The summed E-state index contributed by atoms with van der Waals surface area (Å²) < 4.78 is 11.1. The van der Waals surface area contributed by atoms with Crippen molar-refractivity contribution in [2.45, 2.75) is 32.1 Å². The van der Waals surface area contributed by atoms with Gasteiger partial charge >= 0.3 is 0 Å². The lowest BCUT2D eigenvalue weighted by Gasteiger charge is -2.21. The number of allylic oxidation sites excluding steroid dienone is 1. The van der Waals surface area contributed by atoms with Crippen LogP contribution < -0.4 is 0 Å². The average Bonchev–Trinajstić information content (AvgIpc) is 4.01. The summed E-state index contributed by atoms with van der Waals surface area (Å²) in [7, 11) is 0. The van der Waals surface area contributed by atoms with Gasteiger partial charge in [-0.2, -0.15) is 15.0 Å². The third-order valence-electron chi connectivity index (χ3n) is 13.1. The summed E-state index contributed by atoms with van der Waals surface area (Å²) in [6, 6.07) is 54.0. The lowest BCUT2D eigenvalue weighted by Crippen LogP contribution is -2.15. The van der Waals surface area contributed by atoms with Crippen LogP contribution in [0.3, 0.4) is 0 Å². The summed E-state index contributed by atoms with van der Waals surface area (Å²) in [5.41, 5.74) is 15.5. The Morgan fingerprint density at radius 1 is 0.517 bits per heavy atom. The van der Waals surface area contributed by atoms with Crippen molar-refractivity contribution < 1.29 is 4.42 Å². The fourth-order valence-corrected chi connectivity index (χ4v) is 10.3. The Kier molecular flexibility index (Phi) is 6.81. The molecule has 0 atom stereocenters. The lowest BCUT2D eigenvalue weighted by atomic mass is 9.82. The van der Waals surface area contributed by atoms with Crippen molar-refractivity contribution in [3.05, 3.63) is 180 Å². The van der Waals surface area contributed by atoms with E-state index in [9.17, 15) is 0 Å². The zero-order chi connectivity index (χ0) is 39.7. The van der Waals surface area contributed by atoms with E-state index in [1.807, 2.05) is 6.07 Å². The van der Waals surface area contributed by atoms with Crippen LogP contribution in [0.4, 0.5) is 0 Å². The molecule has 6 heteroatoms. The number of hydrogen-bond acceptors (Lipinski definition) is 4. The number of furan rings is 1. The highest BCUT2D eigenvalue weighted by atomic mass is 16.3. The molecule has 0 unspecified atom stereocenters. The molecule has 0 N–H and O–H groups in total. The largest absolute Gasteiger partial charge is 0.456 e. The highest BCUT2D eigenvalue weighted by Gasteiger charge is 2.36. The second-order valence-electron chi connectivity index (χ2n) is 16.7. The van der Waals surface area contributed by atoms with Gasteiger partial charge in [-0.05, 0) is 100 Å². The predicted octanol–water partition coefficient (Wildman–Crippen LogP) is 13.4. The van der Waals surface area contributed by atoms with Gasteiger partial charge in [-0.3, -0.25) is 9.13 Å². The Morgan fingerprint density at radius 2 is 1.25 bits per heavy atom. The van der Waals surface area contributed by atoms with Gasteiger partial charge in [0.25, 0.3) is 0 Å². The summed E-state index contributed by atoms with van der Waals surface area (Å²) in [4.78, 5) is 16.2. The van der Waals surface area contributed by atoms with Gasteiger partial charge in [0, 0.05) is 37.9 Å². The molecule has 0 aliphatic heterocycles. The number of rotatable bonds is 4. The zero-order valence-electron chi connectivity index (χ0n) is 33.1. The fourth-order valence-electron chi connectivity index (χ4n) is 10.3. The van der Waals surface area contributed by atoms with Crippen molar-refractivity contribution >= 4 is 60.7 Å². The smallest absolute Gasteiger partial charge is 0.240 e. The highest BCUT2D eigenvalue weighted by molar-refractivity contribution is 6.13. The van der Waals surface area contributed by atoms with Crippen LogP contribution >= 0.6 is 0 Å². The van der Waals surface area contributed by atoms with Gasteiger partial charge < -0.3 is 4.42 Å². The van der Waals surface area contributed by atoms with E-state index < -0.39 is 0 Å². The first-order chi connectivity index (χ1) is 29.5. The SMILES string of the molecule is CC1(C)c2ccccc2-c2cc3c4ccccc4n(-c4nc(-c5ccc6c(c5)oc5cccc(-c7ccccc7)c56)nc(-n5c6c(c7ccccc75)CCC=C6)n4)c3cc21. The monoisotopic (exact) mass is 771 g/mol. The molecule has 0 bridgehead atoms. The molecule has 2 aliphatic carbocycles. The van der Waals surface area contributed by atoms with E-state index in [-0.39, 0.29) is 5.41 Å². The van der Waals surface area contributed by atoms with E-state index in [0.717, 1.165) is 79.1 Å². The van der Waals surface area contributed by atoms with E-state index in [2.05, 4.69) is 181 Å². The van der Waals surface area contributed by atoms with Gasteiger partial charge in [0.1, 0.15) is 11.2 Å². The van der Waals surface area contributed by atoms with E-state index >= 15 is 0 Å². The van der Waals surface area contributed by atoms with E-state index in [0.29, 0.717) is 17.7 Å². The Labute approximate surface area is 345 Å². The van der Waals surface area contributed by atoms with Crippen molar-refractivity contribution in [3.63, 3.8) is 0 Å². The second-order valence-corrected chi connectivity index (χ2v) is 16.7. The van der Waals surface area contributed by atoms with Crippen molar-refractivity contribution in [1.82, 2.24) is 24.1 Å². The second kappa shape index (κ2) is 12.2. The van der Waals surface area contributed by atoms with E-state index in [4.69, 9.17) is 19.4 Å². The first kappa shape index (κ1) is 33.4. The number of aryl methyl sites for hydroxylation is 1. The zero-order valence-corrected chi connectivity index (χ0v) is 33.1. The molecule has 7 aromatic carbocycles. The quantitative estimate of drug-likeness (QED) is 0.179. The molecule has 13 rings (SSSR count). The minimum atomic E-state index is -0.172. The van der Waals surface area contributed by atoms with Gasteiger partial charge in [0.05, 0.1) is 22.2 Å². The minimum absolute atomic E-state index is 0.172. The molecule has 0 spiro atoms. The topological polar surface area (TPSA) is 61.7 Å². The average molecular weight is 772 g/mol. The Morgan fingerprint density at radius 3 is 2.12 bits per heavy atom. The van der Waals surface area contributed by atoms with Crippen LogP contribution in [0.5, 0.6) is 0 Å².